The first kappa shape index (κ1) is 21.7. The molecule has 4 aliphatic rings. The van der Waals surface area contributed by atoms with Gasteiger partial charge in [-0.2, -0.15) is 0 Å². The summed E-state index contributed by atoms with van der Waals surface area (Å²) in [5.41, 5.74) is 0.730. The van der Waals surface area contributed by atoms with Crippen molar-refractivity contribution in [2.45, 2.75) is 51.9 Å². The van der Waals surface area contributed by atoms with Gasteiger partial charge in [-0.3, -0.25) is 14.4 Å². The minimum Gasteiger partial charge on any atom is -0.494 e. The fourth-order valence-corrected chi connectivity index (χ4v) is 6.28. The molecule has 2 N–H and O–H groups in total. The number of nitrogens with one attached hydrogen (secondary N) is 2. The standard InChI is InChI=1S/C24H32N2O5/c1-2-30-20-5-3-19(4-6-20)26-22(28)15-31-23(29)14-25-21(27)13-24-10-16-7-17(11-24)9-18(8-16)12-24/h3-6,16-18H,2,7-15H2,1H3,(H,25,27)(H,26,28). The maximum atomic E-state index is 12.5. The molecule has 0 spiro atoms. The molecule has 0 aliphatic heterocycles. The van der Waals surface area contributed by atoms with Crippen LogP contribution in [0.15, 0.2) is 24.3 Å². The molecular weight excluding hydrogens is 396 g/mol. The zero-order valence-corrected chi connectivity index (χ0v) is 18.2. The Morgan fingerprint density at radius 2 is 1.58 bits per heavy atom. The van der Waals surface area contributed by atoms with E-state index in [1.54, 1.807) is 24.3 Å². The summed E-state index contributed by atoms with van der Waals surface area (Å²) in [6.07, 6.45) is 7.99. The first-order chi connectivity index (χ1) is 14.9. The van der Waals surface area contributed by atoms with Gasteiger partial charge in [-0.05, 0) is 92.9 Å². The van der Waals surface area contributed by atoms with Crippen molar-refractivity contribution >= 4 is 23.5 Å². The number of benzene rings is 1. The molecule has 0 unspecified atom stereocenters. The SMILES string of the molecule is CCOc1ccc(NC(=O)COC(=O)CNC(=O)CC23CC4CC(CC(C4)C2)C3)cc1. The Morgan fingerprint density at radius 3 is 2.16 bits per heavy atom. The predicted octanol–water partition coefficient (Wildman–Crippen LogP) is 3.29. The number of hydrogen-bond donors (Lipinski definition) is 2. The highest BCUT2D eigenvalue weighted by molar-refractivity contribution is 5.93. The lowest BCUT2D eigenvalue weighted by molar-refractivity contribution is -0.147. The third-order valence-corrected chi connectivity index (χ3v) is 6.94. The molecule has 168 valence electrons. The highest BCUT2D eigenvalue weighted by Crippen LogP contribution is 2.61. The summed E-state index contributed by atoms with van der Waals surface area (Å²) in [5, 5.41) is 5.35. The largest absolute Gasteiger partial charge is 0.494 e. The Bertz CT molecular complexity index is 784. The number of rotatable bonds is 9. The molecule has 2 amide bonds. The second-order valence-corrected chi connectivity index (χ2v) is 9.54. The van der Waals surface area contributed by atoms with Gasteiger partial charge in [-0.15, -0.1) is 0 Å². The fourth-order valence-electron chi connectivity index (χ4n) is 6.28. The molecule has 5 rings (SSSR count). The lowest BCUT2D eigenvalue weighted by Gasteiger charge is -2.56. The predicted molar refractivity (Wildman–Crippen MR) is 115 cm³/mol. The molecule has 4 fully saturated rings. The second kappa shape index (κ2) is 9.28. The third-order valence-electron chi connectivity index (χ3n) is 6.94. The van der Waals surface area contributed by atoms with Crippen molar-refractivity contribution in [2.75, 3.05) is 25.1 Å². The van der Waals surface area contributed by atoms with Crippen LogP contribution in [-0.4, -0.2) is 37.5 Å². The quantitative estimate of drug-likeness (QED) is 0.589. The Balaban J connectivity index is 1.15. The van der Waals surface area contributed by atoms with Crippen LogP contribution in [0.1, 0.15) is 51.9 Å². The van der Waals surface area contributed by atoms with Crippen molar-refractivity contribution in [3.63, 3.8) is 0 Å². The van der Waals surface area contributed by atoms with Gasteiger partial charge in [0.15, 0.2) is 6.61 Å². The van der Waals surface area contributed by atoms with Crippen LogP contribution < -0.4 is 15.4 Å². The molecule has 4 bridgehead atoms. The summed E-state index contributed by atoms with van der Waals surface area (Å²) in [4.78, 5) is 36.4. The van der Waals surface area contributed by atoms with Crippen LogP contribution in [-0.2, 0) is 19.1 Å². The third kappa shape index (κ3) is 5.57. The summed E-state index contributed by atoms with van der Waals surface area (Å²) < 4.78 is 10.3. The first-order valence-corrected chi connectivity index (χ1v) is 11.4. The molecule has 7 heteroatoms. The Kier molecular flexibility index (Phi) is 6.49. The van der Waals surface area contributed by atoms with E-state index >= 15 is 0 Å². The van der Waals surface area contributed by atoms with Crippen LogP contribution in [0.2, 0.25) is 0 Å². The van der Waals surface area contributed by atoms with Crippen LogP contribution in [0.4, 0.5) is 5.69 Å². The molecule has 0 saturated heterocycles. The van der Waals surface area contributed by atoms with Crippen molar-refractivity contribution < 1.29 is 23.9 Å². The molecule has 7 nitrogen and oxygen atoms in total. The average Bonchev–Trinajstić information content (AvgIpc) is 2.71. The number of hydrogen-bond acceptors (Lipinski definition) is 5. The molecule has 0 atom stereocenters. The normalized spacial score (nSPS) is 28.1. The van der Waals surface area contributed by atoms with E-state index in [1.165, 1.54) is 19.3 Å². The van der Waals surface area contributed by atoms with E-state index in [4.69, 9.17) is 9.47 Å². The van der Waals surface area contributed by atoms with Gasteiger partial charge in [0.2, 0.25) is 5.91 Å². The number of esters is 1. The monoisotopic (exact) mass is 428 g/mol. The summed E-state index contributed by atoms with van der Waals surface area (Å²) in [5.74, 6) is 1.96. The van der Waals surface area contributed by atoms with E-state index in [0.29, 0.717) is 18.7 Å². The Labute approximate surface area is 183 Å². The minimum absolute atomic E-state index is 0.0854. The Hall–Kier alpha value is -2.57. The van der Waals surface area contributed by atoms with Gasteiger partial charge in [-0.25, -0.2) is 0 Å². The fraction of sp³-hybridized carbons (Fsp3) is 0.625. The number of anilines is 1. The van der Waals surface area contributed by atoms with Crippen molar-refractivity contribution in [1.82, 2.24) is 5.32 Å². The zero-order chi connectivity index (χ0) is 21.8. The van der Waals surface area contributed by atoms with E-state index in [0.717, 1.165) is 42.8 Å². The lowest BCUT2D eigenvalue weighted by Crippen LogP contribution is -2.48. The minimum atomic E-state index is -0.610. The van der Waals surface area contributed by atoms with Crippen LogP contribution in [0.3, 0.4) is 0 Å². The van der Waals surface area contributed by atoms with Crippen molar-refractivity contribution in [1.29, 1.82) is 0 Å². The molecule has 1 aromatic rings. The number of amides is 2. The molecule has 31 heavy (non-hydrogen) atoms. The van der Waals surface area contributed by atoms with Crippen LogP contribution in [0.25, 0.3) is 0 Å². The maximum Gasteiger partial charge on any atom is 0.325 e. The smallest absolute Gasteiger partial charge is 0.325 e. The average molecular weight is 429 g/mol. The summed E-state index contributed by atoms with van der Waals surface area (Å²) in [6, 6.07) is 6.94. The summed E-state index contributed by atoms with van der Waals surface area (Å²) in [6.45, 7) is 1.87. The van der Waals surface area contributed by atoms with E-state index in [2.05, 4.69) is 10.6 Å². The van der Waals surface area contributed by atoms with Gasteiger partial charge in [0.05, 0.1) is 6.61 Å². The second-order valence-electron chi connectivity index (χ2n) is 9.54. The highest BCUT2D eigenvalue weighted by atomic mass is 16.5. The van der Waals surface area contributed by atoms with E-state index in [-0.39, 0.29) is 17.9 Å². The van der Waals surface area contributed by atoms with Gasteiger partial charge in [-0.1, -0.05) is 0 Å². The van der Waals surface area contributed by atoms with Gasteiger partial charge < -0.3 is 20.1 Å². The van der Waals surface area contributed by atoms with Crippen molar-refractivity contribution in [2.24, 2.45) is 23.2 Å². The summed E-state index contributed by atoms with van der Waals surface area (Å²) in [7, 11) is 0. The molecule has 0 aromatic heterocycles. The van der Waals surface area contributed by atoms with Gasteiger partial charge >= 0.3 is 5.97 Å². The van der Waals surface area contributed by atoms with E-state index in [9.17, 15) is 14.4 Å². The molecule has 4 saturated carbocycles. The number of ether oxygens (including phenoxy) is 2. The lowest BCUT2D eigenvalue weighted by atomic mass is 9.49. The van der Waals surface area contributed by atoms with Crippen LogP contribution in [0, 0.1) is 23.2 Å². The maximum absolute atomic E-state index is 12.5. The molecule has 0 heterocycles. The summed E-state index contributed by atoms with van der Waals surface area (Å²) >= 11 is 0. The number of carbonyl (C=O) groups is 3. The topological polar surface area (TPSA) is 93.7 Å². The zero-order valence-electron chi connectivity index (χ0n) is 18.2. The first-order valence-electron chi connectivity index (χ1n) is 11.4. The van der Waals surface area contributed by atoms with Crippen molar-refractivity contribution in [3.05, 3.63) is 24.3 Å². The van der Waals surface area contributed by atoms with Gasteiger partial charge in [0.25, 0.3) is 5.91 Å². The molecule has 0 radical (unpaired) electrons. The van der Waals surface area contributed by atoms with Crippen LogP contribution >= 0.6 is 0 Å². The molecule has 4 aliphatic carbocycles. The van der Waals surface area contributed by atoms with Crippen LogP contribution in [0.5, 0.6) is 5.75 Å². The van der Waals surface area contributed by atoms with E-state index < -0.39 is 18.5 Å². The van der Waals surface area contributed by atoms with Crippen molar-refractivity contribution in [3.8, 4) is 5.75 Å². The Morgan fingerprint density at radius 1 is 0.968 bits per heavy atom. The van der Waals surface area contributed by atoms with Gasteiger partial charge in [0.1, 0.15) is 12.3 Å². The molecule has 1 aromatic carbocycles. The number of carbonyl (C=O) groups excluding carboxylic acids is 3. The van der Waals surface area contributed by atoms with E-state index in [1.807, 2.05) is 6.92 Å². The van der Waals surface area contributed by atoms with Gasteiger partial charge in [0, 0.05) is 12.1 Å². The highest BCUT2D eigenvalue weighted by Gasteiger charge is 2.51. The molecular formula is C24H32N2O5.